The van der Waals surface area contributed by atoms with Gasteiger partial charge in [0.1, 0.15) is 0 Å². The van der Waals surface area contributed by atoms with Crippen LogP contribution in [-0.2, 0) is 0 Å². The molecule has 0 saturated carbocycles. The first-order valence-electron chi connectivity index (χ1n) is 5.09. The lowest BCUT2D eigenvalue weighted by atomic mass is 10.0. The van der Waals surface area contributed by atoms with Gasteiger partial charge in [0.25, 0.3) is 0 Å². The van der Waals surface area contributed by atoms with Gasteiger partial charge in [0.05, 0.1) is 6.04 Å². The zero-order valence-corrected chi connectivity index (χ0v) is 8.15. The molecule has 4 nitrogen and oxygen atoms in total. The molecule has 2 N–H and O–H groups in total. The van der Waals surface area contributed by atoms with Gasteiger partial charge < -0.3 is 10.4 Å². The molecule has 78 valence electrons. The van der Waals surface area contributed by atoms with Gasteiger partial charge in [-0.05, 0) is 19.3 Å². The minimum Gasteiger partial charge on any atom is -0.465 e. The number of carbonyl (C=O) groups is 1. The third-order valence-electron chi connectivity index (χ3n) is 3.27. The third kappa shape index (κ3) is 1.39. The largest absolute Gasteiger partial charge is 0.465 e. The van der Waals surface area contributed by atoms with E-state index in [-0.39, 0.29) is 18.1 Å². The van der Waals surface area contributed by atoms with Crippen LogP contribution in [0.1, 0.15) is 19.3 Å². The number of piperazine rings is 1. The summed E-state index contributed by atoms with van der Waals surface area (Å²) < 4.78 is 0. The molecule has 0 aromatic carbocycles. The topological polar surface area (TPSA) is 52.6 Å². The van der Waals surface area contributed by atoms with Gasteiger partial charge in [-0.2, -0.15) is 0 Å². The van der Waals surface area contributed by atoms with Crippen molar-refractivity contribution in [1.29, 1.82) is 0 Å². The predicted molar refractivity (Wildman–Crippen MR) is 53.3 cm³/mol. The smallest absolute Gasteiger partial charge is 0.407 e. The summed E-state index contributed by atoms with van der Waals surface area (Å²) in [5.74, 6) is 0. The minimum atomic E-state index is -0.770. The molecule has 0 spiro atoms. The highest BCUT2D eigenvalue weighted by atomic mass is 16.4. The van der Waals surface area contributed by atoms with Crippen molar-refractivity contribution in [3.63, 3.8) is 0 Å². The molecule has 2 heterocycles. The first kappa shape index (κ1) is 9.52. The summed E-state index contributed by atoms with van der Waals surface area (Å²) in [6.07, 6.45) is 3.92. The average Bonchev–Trinajstić information content (AvgIpc) is 2.47. The van der Waals surface area contributed by atoms with E-state index >= 15 is 0 Å². The van der Waals surface area contributed by atoms with E-state index in [0.29, 0.717) is 0 Å². The van der Waals surface area contributed by atoms with Gasteiger partial charge in [-0.25, -0.2) is 4.79 Å². The molecule has 0 aromatic rings. The van der Waals surface area contributed by atoms with Crippen LogP contribution in [0, 0.1) is 0 Å². The molecule has 2 aliphatic rings. The minimum absolute atomic E-state index is 0.157. The Labute approximate surface area is 83.6 Å². The van der Waals surface area contributed by atoms with Crippen LogP contribution in [0.4, 0.5) is 4.79 Å². The Morgan fingerprint density at radius 3 is 3.07 bits per heavy atom. The van der Waals surface area contributed by atoms with Gasteiger partial charge in [-0.3, -0.25) is 4.90 Å². The van der Waals surface area contributed by atoms with Gasteiger partial charge >= 0.3 is 6.09 Å². The molecular weight excluding hydrogens is 180 g/mol. The average molecular weight is 196 g/mol. The number of amides is 1. The highest BCUT2D eigenvalue weighted by molar-refractivity contribution is 5.66. The van der Waals surface area contributed by atoms with Crippen molar-refractivity contribution in [3.05, 3.63) is 12.7 Å². The van der Waals surface area contributed by atoms with E-state index in [1.807, 2.05) is 6.08 Å². The summed E-state index contributed by atoms with van der Waals surface area (Å²) in [6, 6.07) is 0.616. The van der Waals surface area contributed by atoms with Gasteiger partial charge in [0.15, 0.2) is 0 Å². The maximum atomic E-state index is 11.0. The maximum Gasteiger partial charge on any atom is 0.407 e. The van der Waals surface area contributed by atoms with Crippen molar-refractivity contribution >= 4 is 6.09 Å². The van der Waals surface area contributed by atoms with Crippen LogP contribution in [0.2, 0.25) is 0 Å². The van der Waals surface area contributed by atoms with Crippen molar-refractivity contribution in [2.24, 2.45) is 0 Å². The summed E-state index contributed by atoms with van der Waals surface area (Å²) in [4.78, 5) is 12.7. The Bertz CT molecular complexity index is 255. The summed E-state index contributed by atoms with van der Waals surface area (Å²) in [5.41, 5.74) is 0. The molecule has 0 radical (unpaired) electrons. The first-order chi connectivity index (χ1) is 6.74. The van der Waals surface area contributed by atoms with Crippen molar-refractivity contribution in [1.82, 2.24) is 10.2 Å². The lowest BCUT2D eigenvalue weighted by molar-refractivity contribution is 0.0917. The number of hydrogen-bond acceptors (Lipinski definition) is 2. The fourth-order valence-corrected chi connectivity index (χ4v) is 2.65. The molecule has 2 fully saturated rings. The molecule has 3 unspecified atom stereocenters. The number of fused-ring (bicyclic) bond motifs is 2. The fraction of sp³-hybridized carbons (Fsp3) is 0.700. The van der Waals surface area contributed by atoms with Crippen LogP contribution in [0.15, 0.2) is 12.7 Å². The monoisotopic (exact) mass is 196 g/mol. The maximum absolute atomic E-state index is 11.0. The van der Waals surface area contributed by atoms with E-state index in [1.54, 1.807) is 4.90 Å². The Kier molecular flexibility index (Phi) is 2.46. The summed E-state index contributed by atoms with van der Waals surface area (Å²) >= 11 is 0. The molecule has 3 atom stereocenters. The van der Waals surface area contributed by atoms with Crippen LogP contribution in [0.5, 0.6) is 0 Å². The standard InChI is InChI=1S/C10H16N2O2/c1-2-3-8-9-5-4-7(6-11-8)12(9)10(13)14/h2,7-9,11H,1,3-6H2,(H,13,14). The molecule has 2 rings (SSSR count). The number of carboxylic acid groups (broad SMARTS) is 1. The van der Waals surface area contributed by atoms with Crippen molar-refractivity contribution in [3.8, 4) is 0 Å². The van der Waals surface area contributed by atoms with E-state index in [0.717, 1.165) is 25.8 Å². The number of hydrogen-bond donors (Lipinski definition) is 2. The van der Waals surface area contributed by atoms with Gasteiger partial charge in [-0.15, -0.1) is 6.58 Å². The molecule has 2 saturated heterocycles. The highest BCUT2D eigenvalue weighted by Crippen LogP contribution is 2.30. The second-order valence-corrected chi connectivity index (χ2v) is 4.03. The second kappa shape index (κ2) is 3.61. The molecular formula is C10H16N2O2. The van der Waals surface area contributed by atoms with E-state index in [1.165, 1.54) is 0 Å². The molecule has 1 amide bonds. The van der Waals surface area contributed by atoms with Crippen LogP contribution in [0.3, 0.4) is 0 Å². The van der Waals surface area contributed by atoms with E-state index in [4.69, 9.17) is 5.11 Å². The van der Waals surface area contributed by atoms with Gasteiger partial charge in [0, 0.05) is 18.6 Å². The summed E-state index contributed by atoms with van der Waals surface area (Å²) in [7, 11) is 0. The zero-order valence-electron chi connectivity index (χ0n) is 8.15. The summed E-state index contributed by atoms with van der Waals surface area (Å²) in [6.45, 7) is 4.49. The van der Waals surface area contributed by atoms with E-state index in [9.17, 15) is 4.79 Å². The third-order valence-corrected chi connectivity index (χ3v) is 3.27. The van der Waals surface area contributed by atoms with Crippen molar-refractivity contribution in [2.75, 3.05) is 6.54 Å². The quantitative estimate of drug-likeness (QED) is 0.649. The van der Waals surface area contributed by atoms with Crippen LogP contribution < -0.4 is 5.32 Å². The predicted octanol–water partition coefficient (Wildman–Crippen LogP) is 1.05. The highest BCUT2D eigenvalue weighted by Gasteiger charge is 2.44. The summed E-state index contributed by atoms with van der Waals surface area (Å²) in [5, 5.41) is 12.5. The first-order valence-corrected chi connectivity index (χ1v) is 5.09. The molecule has 14 heavy (non-hydrogen) atoms. The Morgan fingerprint density at radius 2 is 2.43 bits per heavy atom. The number of rotatable bonds is 2. The van der Waals surface area contributed by atoms with Gasteiger partial charge in [-0.1, -0.05) is 6.08 Å². The van der Waals surface area contributed by atoms with E-state index < -0.39 is 6.09 Å². The lowest BCUT2D eigenvalue weighted by Gasteiger charge is -2.38. The second-order valence-electron chi connectivity index (χ2n) is 4.03. The van der Waals surface area contributed by atoms with E-state index in [2.05, 4.69) is 11.9 Å². The molecule has 0 aromatic heterocycles. The Morgan fingerprint density at radius 1 is 1.64 bits per heavy atom. The van der Waals surface area contributed by atoms with Crippen LogP contribution in [0.25, 0.3) is 0 Å². The Balaban J connectivity index is 2.12. The zero-order chi connectivity index (χ0) is 10.1. The number of nitrogens with one attached hydrogen (secondary N) is 1. The van der Waals surface area contributed by atoms with Crippen molar-refractivity contribution in [2.45, 2.75) is 37.4 Å². The molecule has 4 heteroatoms. The van der Waals surface area contributed by atoms with Crippen LogP contribution in [-0.4, -0.2) is 40.8 Å². The molecule has 2 bridgehead atoms. The van der Waals surface area contributed by atoms with Crippen LogP contribution >= 0.6 is 0 Å². The lowest BCUT2D eigenvalue weighted by Crippen LogP contribution is -2.59. The fourth-order valence-electron chi connectivity index (χ4n) is 2.65. The number of nitrogens with zero attached hydrogens (tertiary/aromatic N) is 1. The normalized spacial score (nSPS) is 35.7. The van der Waals surface area contributed by atoms with Crippen molar-refractivity contribution < 1.29 is 9.90 Å². The Hall–Kier alpha value is -1.03. The molecule has 0 aliphatic carbocycles. The van der Waals surface area contributed by atoms with Gasteiger partial charge in [0.2, 0.25) is 0 Å². The SMILES string of the molecule is C=CCC1NCC2CCC1N2C(=O)O. The molecule has 2 aliphatic heterocycles.